The zero-order valence-electron chi connectivity index (χ0n) is 8.30. The molecule has 0 fully saturated rings. The Morgan fingerprint density at radius 1 is 1.69 bits per heavy atom. The summed E-state index contributed by atoms with van der Waals surface area (Å²) in [6.45, 7) is 1.52. The summed E-state index contributed by atoms with van der Waals surface area (Å²) in [4.78, 5) is 10.5. The summed E-state index contributed by atoms with van der Waals surface area (Å²) >= 11 is 0.849. The van der Waals surface area contributed by atoms with Gasteiger partial charge in [0.2, 0.25) is 10.0 Å². The van der Waals surface area contributed by atoms with Gasteiger partial charge in [-0.1, -0.05) is 5.92 Å². The lowest BCUT2D eigenvalue weighted by atomic mass is 10.4. The first-order valence-corrected chi connectivity index (χ1v) is 6.53. The highest BCUT2D eigenvalue weighted by atomic mass is 32.2. The lowest BCUT2D eigenvalue weighted by Crippen LogP contribution is -2.31. The number of carboxylic acid groups (broad SMARTS) is 1. The van der Waals surface area contributed by atoms with E-state index in [0.717, 1.165) is 17.4 Å². The van der Waals surface area contributed by atoms with Gasteiger partial charge in [-0.2, -0.15) is 4.72 Å². The molecule has 1 aromatic heterocycles. The van der Waals surface area contributed by atoms with Crippen molar-refractivity contribution < 1.29 is 18.3 Å². The average Bonchev–Trinajstić information content (AvgIpc) is 2.66. The molecule has 1 atom stereocenters. The van der Waals surface area contributed by atoms with E-state index < -0.39 is 22.0 Å². The molecule has 0 spiro atoms. The van der Waals surface area contributed by atoms with Gasteiger partial charge >= 0.3 is 5.97 Å². The van der Waals surface area contributed by atoms with Crippen LogP contribution in [0.4, 0.5) is 0 Å². The van der Waals surface area contributed by atoms with E-state index in [0.29, 0.717) is 0 Å². The maximum Gasteiger partial charge on any atom is 0.345 e. The zero-order valence-corrected chi connectivity index (χ0v) is 9.93. The molecule has 0 aliphatic heterocycles. The van der Waals surface area contributed by atoms with Crippen LogP contribution in [-0.2, 0) is 10.0 Å². The van der Waals surface area contributed by atoms with Crippen molar-refractivity contribution in [3.8, 4) is 12.3 Å². The molecular weight excluding hydrogens is 250 g/mol. The third-order valence-corrected chi connectivity index (χ3v) is 4.27. The Bertz CT molecular complexity index is 538. The third-order valence-electron chi connectivity index (χ3n) is 1.68. The SMILES string of the molecule is C#CC(C)NS(=O)(=O)c1csc(C(=O)O)c1. The molecule has 1 aromatic rings. The second kappa shape index (κ2) is 4.65. The molecule has 7 heteroatoms. The zero-order chi connectivity index (χ0) is 12.3. The van der Waals surface area contributed by atoms with Crippen LogP contribution in [0.1, 0.15) is 16.6 Å². The Morgan fingerprint density at radius 3 is 2.75 bits per heavy atom. The fraction of sp³-hybridized carbons (Fsp3) is 0.222. The van der Waals surface area contributed by atoms with Gasteiger partial charge in [0, 0.05) is 5.38 Å². The summed E-state index contributed by atoms with van der Waals surface area (Å²) in [5.74, 6) is 1.06. The number of nitrogens with one attached hydrogen (secondary N) is 1. The van der Waals surface area contributed by atoms with Crippen molar-refractivity contribution in [1.82, 2.24) is 4.72 Å². The monoisotopic (exact) mass is 259 g/mol. The predicted molar refractivity (Wildman–Crippen MR) is 59.9 cm³/mol. The Hall–Kier alpha value is -1.36. The highest BCUT2D eigenvalue weighted by Crippen LogP contribution is 2.19. The second-order valence-corrected chi connectivity index (χ2v) is 5.59. The van der Waals surface area contributed by atoms with Crippen molar-refractivity contribution in [1.29, 1.82) is 0 Å². The second-order valence-electron chi connectivity index (χ2n) is 2.96. The van der Waals surface area contributed by atoms with Gasteiger partial charge < -0.3 is 5.11 Å². The number of hydrogen-bond acceptors (Lipinski definition) is 4. The summed E-state index contributed by atoms with van der Waals surface area (Å²) in [5, 5.41) is 9.91. The molecule has 0 saturated carbocycles. The summed E-state index contributed by atoms with van der Waals surface area (Å²) in [7, 11) is -3.73. The van der Waals surface area contributed by atoms with Crippen LogP contribution in [0.5, 0.6) is 0 Å². The number of carboxylic acids is 1. The highest BCUT2D eigenvalue weighted by molar-refractivity contribution is 7.89. The Morgan fingerprint density at radius 2 is 2.31 bits per heavy atom. The fourth-order valence-corrected chi connectivity index (χ4v) is 3.18. The lowest BCUT2D eigenvalue weighted by Gasteiger charge is -2.06. The Balaban J connectivity index is 3.00. The van der Waals surface area contributed by atoms with Gasteiger partial charge in [-0.05, 0) is 13.0 Å². The van der Waals surface area contributed by atoms with Crippen LogP contribution in [0.25, 0.3) is 0 Å². The quantitative estimate of drug-likeness (QED) is 0.781. The van der Waals surface area contributed by atoms with E-state index in [-0.39, 0.29) is 9.77 Å². The molecule has 5 nitrogen and oxygen atoms in total. The number of hydrogen-bond donors (Lipinski definition) is 2. The molecule has 1 heterocycles. The minimum absolute atomic E-state index is 0.0336. The molecule has 0 aromatic carbocycles. The number of terminal acetylenes is 1. The van der Waals surface area contributed by atoms with E-state index in [4.69, 9.17) is 11.5 Å². The standard InChI is InChI=1S/C9H9NO4S2/c1-3-6(2)10-16(13,14)7-4-8(9(11)12)15-5-7/h1,4-6,10H,2H3,(H,11,12). The van der Waals surface area contributed by atoms with E-state index in [1.165, 1.54) is 12.3 Å². The molecule has 86 valence electrons. The Kier molecular flexibility index (Phi) is 3.70. The van der Waals surface area contributed by atoms with Gasteiger partial charge in [-0.15, -0.1) is 17.8 Å². The topological polar surface area (TPSA) is 83.5 Å². The molecule has 0 saturated heterocycles. The molecule has 0 bridgehead atoms. The fourth-order valence-electron chi connectivity index (χ4n) is 0.907. The average molecular weight is 259 g/mol. The molecule has 1 rings (SSSR count). The van der Waals surface area contributed by atoms with Gasteiger partial charge in [0.15, 0.2) is 0 Å². The highest BCUT2D eigenvalue weighted by Gasteiger charge is 2.19. The van der Waals surface area contributed by atoms with Gasteiger partial charge in [0.05, 0.1) is 10.9 Å². The first-order chi connectivity index (χ1) is 7.36. The third kappa shape index (κ3) is 2.82. The number of aromatic carboxylic acids is 1. The number of carbonyl (C=O) groups is 1. The molecule has 16 heavy (non-hydrogen) atoms. The van der Waals surface area contributed by atoms with Crippen molar-refractivity contribution in [2.24, 2.45) is 0 Å². The van der Waals surface area contributed by atoms with Crippen LogP contribution in [0, 0.1) is 12.3 Å². The lowest BCUT2D eigenvalue weighted by molar-refractivity contribution is 0.0702. The van der Waals surface area contributed by atoms with Gasteiger partial charge in [0.25, 0.3) is 0 Å². The minimum Gasteiger partial charge on any atom is -0.477 e. The van der Waals surface area contributed by atoms with E-state index >= 15 is 0 Å². The molecule has 1 unspecified atom stereocenters. The van der Waals surface area contributed by atoms with Crippen molar-refractivity contribution in [3.05, 3.63) is 16.3 Å². The number of thiophene rings is 1. The number of rotatable bonds is 4. The largest absolute Gasteiger partial charge is 0.477 e. The van der Waals surface area contributed by atoms with Crippen molar-refractivity contribution in [2.45, 2.75) is 17.9 Å². The maximum absolute atomic E-state index is 11.6. The van der Waals surface area contributed by atoms with E-state index in [1.54, 1.807) is 0 Å². The molecule has 0 radical (unpaired) electrons. The minimum atomic E-state index is -3.73. The predicted octanol–water partition coefficient (Wildman–Crippen LogP) is 0.746. The van der Waals surface area contributed by atoms with E-state index in [1.807, 2.05) is 0 Å². The first-order valence-electron chi connectivity index (χ1n) is 4.17. The van der Waals surface area contributed by atoms with E-state index in [2.05, 4.69) is 10.6 Å². The van der Waals surface area contributed by atoms with Crippen LogP contribution in [0.15, 0.2) is 16.3 Å². The summed E-state index contributed by atoms with van der Waals surface area (Å²) in [6, 6.07) is 0.455. The first kappa shape index (κ1) is 12.7. The molecule has 0 aliphatic rings. The van der Waals surface area contributed by atoms with Crippen LogP contribution < -0.4 is 4.72 Å². The molecule has 0 amide bonds. The normalized spacial score (nSPS) is 13.0. The van der Waals surface area contributed by atoms with Crippen LogP contribution in [0.2, 0.25) is 0 Å². The van der Waals surface area contributed by atoms with Crippen molar-refractivity contribution >= 4 is 27.3 Å². The van der Waals surface area contributed by atoms with Gasteiger partial charge in [0.1, 0.15) is 4.88 Å². The summed E-state index contributed by atoms with van der Waals surface area (Å²) in [6.07, 6.45) is 5.04. The molecule has 2 N–H and O–H groups in total. The maximum atomic E-state index is 11.6. The van der Waals surface area contributed by atoms with Crippen molar-refractivity contribution in [2.75, 3.05) is 0 Å². The molecule has 0 aliphatic carbocycles. The summed E-state index contributed by atoms with van der Waals surface area (Å²) in [5.41, 5.74) is 0. The molecular formula is C9H9NO4S2. The summed E-state index contributed by atoms with van der Waals surface area (Å²) < 4.78 is 25.5. The van der Waals surface area contributed by atoms with Crippen molar-refractivity contribution in [3.63, 3.8) is 0 Å². The van der Waals surface area contributed by atoms with Gasteiger partial charge in [-0.3, -0.25) is 0 Å². The van der Waals surface area contributed by atoms with Crippen LogP contribution >= 0.6 is 11.3 Å². The van der Waals surface area contributed by atoms with Crippen LogP contribution in [-0.4, -0.2) is 25.5 Å². The smallest absolute Gasteiger partial charge is 0.345 e. The van der Waals surface area contributed by atoms with Crippen LogP contribution in [0.3, 0.4) is 0 Å². The Labute approximate surface area is 97.2 Å². The number of sulfonamides is 1. The van der Waals surface area contributed by atoms with E-state index in [9.17, 15) is 13.2 Å². The van der Waals surface area contributed by atoms with Gasteiger partial charge in [-0.25, -0.2) is 13.2 Å².